The fraction of sp³-hybridized carbons (Fsp3) is 0.150. The SMILES string of the molecule is O=c1c(Cl)c(Nc2ccc3c(c2)CCC3)cnn1-c1nc2ccccc2[nH]1. The lowest BCUT2D eigenvalue weighted by molar-refractivity contribution is 0.768. The quantitative estimate of drug-likeness (QED) is 0.566. The first-order chi connectivity index (χ1) is 13.2. The van der Waals surface area contributed by atoms with Gasteiger partial charge in [0.25, 0.3) is 5.56 Å². The summed E-state index contributed by atoms with van der Waals surface area (Å²) in [4.78, 5) is 20.2. The van der Waals surface area contributed by atoms with Gasteiger partial charge in [-0.1, -0.05) is 29.8 Å². The molecule has 5 rings (SSSR count). The number of nitrogens with zero attached hydrogens (tertiary/aromatic N) is 3. The summed E-state index contributed by atoms with van der Waals surface area (Å²) in [6.45, 7) is 0. The molecule has 7 heteroatoms. The lowest BCUT2D eigenvalue weighted by atomic mass is 10.1. The van der Waals surface area contributed by atoms with E-state index in [1.807, 2.05) is 30.3 Å². The normalized spacial score (nSPS) is 13.1. The van der Waals surface area contributed by atoms with E-state index in [0.29, 0.717) is 11.6 Å². The first kappa shape index (κ1) is 16.1. The largest absolute Gasteiger partial charge is 0.353 e. The minimum Gasteiger partial charge on any atom is -0.353 e. The number of aromatic amines is 1. The molecule has 0 amide bonds. The van der Waals surface area contributed by atoms with Gasteiger partial charge in [0.15, 0.2) is 0 Å². The van der Waals surface area contributed by atoms with E-state index in [4.69, 9.17) is 11.6 Å². The Morgan fingerprint density at radius 1 is 1.11 bits per heavy atom. The van der Waals surface area contributed by atoms with Crippen LogP contribution >= 0.6 is 11.6 Å². The van der Waals surface area contributed by atoms with Gasteiger partial charge in [-0.2, -0.15) is 9.78 Å². The molecule has 0 saturated heterocycles. The first-order valence-electron chi connectivity index (χ1n) is 8.81. The number of halogens is 1. The summed E-state index contributed by atoms with van der Waals surface area (Å²) in [5.74, 6) is 0.340. The average Bonchev–Trinajstić information content (AvgIpc) is 3.31. The molecule has 27 heavy (non-hydrogen) atoms. The van der Waals surface area contributed by atoms with Crippen molar-refractivity contribution in [2.24, 2.45) is 0 Å². The highest BCUT2D eigenvalue weighted by atomic mass is 35.5. The van der Waals surface area contributed by atoms with Gasteiger partial charge in [0.2, 0.25) is 5.95 Å². The lowest BCUT2D eigenvalue weighted by Crippen LogP contribution is -2.23. The fourth-order valence-electron chi connectivity index (χ4n) is 3.52. The number of aromatic nitrogens is 4. The number of benzene rings is 2. The Hall–Kier alpha value is -3.12. The molecule has 0 radical (unpaired) electrons. The van der Waals surface area contributed by atoms with E-state index in [9.17, 15) is 4.79 Å². The molecule has 0 unspecified atom stereocenters. The molecule has 2 N–H and O–H groups in total. The van der Waals surface area contributed by atoms with Crippen LogP contribution in [0.2, 0.25) is 5.02 Å². The first-order valence-corrected chi connectivity index (χ1v) is 9.18. The Morgan fingerprint density at radius 2 is 1.96 bits per heavy atom. The lowest BCUT2D eigenvalue weighted by Gasteiger charge is -2.10. The van der Waals surface area contributed by atoms with E-state index in [1.165, 1.54) is 22.2 Å². The Morgan fingerprint density at radius 3 is 2.85 bits per heavy atom. The highest BCUT2D eigenvalue weighted by Gasteiger charge is 2.15. The van der Waals surface area contributed by atoms with Crippen LogP contribution in [-0.2, 0) is 12.8 Å². The van der Waals surface area contributed by atoms with Gasteiger partial charge in [-0.3, -0.25) is 4.79 Å². The molecule has 0 atom stereocenters. The minimum absolute atomic E-state index is 0.0750. The number of anilines is 2. The number of rotatable bonds is 3. The van der Waals surface area contributed by atoms with Crippen molar-refractivity contribution in [2.75, 3.05) is 5.32 Å². The second-order valence-corrected chi connectivity index (χ2v) is 7.01. The van der Waals surface area contributed by atoms with Crippen molar-refractivity contribution in [3.05, 3.63) is 75.2 Å². The Labute approximate surface area is 159 Å². The number of hydrogen-bond acceptors (Lipinski definition) is 4. The van der Waals surface area contributed by atoms with Crippen molar-refractivity contribution in [3.63, 3.8) is 0 Å². The zero-order valence-electron chi connectivity index (χ0n) is 14.4. The summed E-state index contributed by atoms with van der Waals surface area (Å²) in [5.41, 5.74) is 5.29. The molecular formula is C20H16ClN5O. The molecule has 0 aliphatic heterocycles. The number of H-pyrrole nitrogens is 1. The predicted octanol–water partition coefficient (Wildman–Crippen LogP) is 3.99. The molecule has 2 aromatic heterocycles. The van der Waals surface area contributed by atoms with Gasteiger partial charge in [0, 0.05) is 5.69 Å². The van der Waals surface area contributed by atoms with Crippen molar-refractivity contribution in [2.45, 2.75) is 19.3 Å². The van der Waals surface area contributed by atoms with Crippen LogP contribution in [0.5, 0.6) is 0 Å². The number of para-hydroxylation sites is 2. The van der Waals surface area contributed by atoms with Crippen LogP contribution in [0.1, 0.15) is 17.5 Å². The van der Waals surface area contributed by atoms with Gasteiger partial charge < -0.3 is 10.3 Å². The summed E-state index contributed by atoms with van der Waals surface area (Å²) < 4.78 is 1.18. The van der Waals surface area contributed by atoms with Crippen molar-refractivity contribution in [3.8, 4) is 5.95 Å². The van der Waals surface area contributed by atoms with Gasteiger partial charge in [-0.05, 0) is 54.7 Å². The van der Waals surface area contributed by atoms with Crippen LogP contribution < -0.4 is 10.9 Å². The molecular weight excluding hydrogens is 362 g/mol. The zero-order valence-corrected chi connectivity index (χ0v) is 15.1. The molecule has 4 aromatic rings. The Bertz CT molecular complexity index is 1190. The summed E-state index contributed by atoms with van der Waals surface area (Å²) >= 11 is 6.34. The molecule has 1 aliphatic rings. The molecule has 2 heterocycles. The zero-order chi connectivity index (χ0) is 18.4. The van der Waals surface area contributed by atoms with Crippen LogP contribution in [-0.4, -0.2) is 19.7 Å². The van der Waals surface area contributed by atoms with E-state index in [0.717, 1.165) is 29.6 Å². The second kappa shape index (κ2) is 6.25. The van der Waals surface area contributed by atoms with Crippen LogP contribution in [0.25, 0.3) is 17.0 Å². The predicted molar refractivity (Wildman–Crippen MR) is 106 cm³/mol. The number of aryl methyl sites for hydroxylation is 2. The average molecular weight is 378 g/mol. The fourth-order valence-corrected chi connectivity index (χ4v) is 3.69. The van der Waals surface area contributed by atoms with Crippen molar-refractivity contribution in [1.29, 1.82) is 0 Å². The second-order valence-electron chi connectivity index (χ2n) is 6.63. The molecule has 2 aromatic carbocycles. The summed E-state index contributed by atoms with van der Waals surface area (Å²) in [5, 5.41) is 7.52. The molecule has 0 saturated carbocycles. The maximum atomic E-state index is 12.7. The maximum absolute atomic E-state index is 12.7. The number of hydrogen-bond donors (Lipinski definition) is 2. The topological polar surface area (TPSA) is 75.6 Å². The third-order valence-corrected chi connectivity index (χ3v) is 5.24. The van der Waals surface area contributed by atoms with Gasteiger partial charge >= 0.3 is 0 Å². The standard InChI is InChI=1S/C20H16ClN5O/c21-18-17(23-14-9-8-12-4-3-5-13(12)10-14)11-22-26(19(18)27)20-24-15-6-1-2-7-16(15)25-20/h1-2,6-11,23H,3-5H2,(H,24,25). The molecule has 6 nitrogen and oxygen atoms in total. The number of nitrogens with one attached hydrogen (secondary N) is 2. The van der Waals surface area contributed by atoms with E-state index in [2.05, 4.69) is 32.5 Å². The van der Waals surface area contributed by atoms with Crippen molar-refractivity contribution < 1.29 is 0 Å². The minimum atomic E-state index is -0.429. The smallest absolute Gasteiger partial charge is 0.295 e. The highest BCUT2D eigenvalue weighted by Crippen LogP contribution is 2.28. The monoisotopic (exact) mass is 377 g/mol. The van der Waals surface area contributed by atoms with Crippen molar-refractivity contribution in [1.82, 2.24) is 19.7 Å². The van der Waals surface area contributed by atoms with E-state index in [-0.39, 0.29) is 5.02 Å². The van der Waals surface area contributed by atoms with Crippen LogP contribution in [0.4, 0.5) is 11.4 Å². The van der Waals surface area contributed by atoms with E-state index in [1.54, 1.807) is 6.20 Å². The van der Waals surface area contributed by atoms with Crippen LogP contribution in [0.15, 0.2) is 53.5 Å². The Kier molecular flexibility index (Phi) is 3.72. The van der Waals surface area contributed by atoms with Gasteiger partial charge in [0.1, 0.15) is 5.02 Å². The van der Waals surface area contributed by atoms with Crippen molar-refractivity contribution >= 4 is 34.0 Å². The van der Waals surface area contributed by atoms with Crippen LogP contribution in [0, 0.1) is 0 Å². The Balaban J connectivity index is 1.50. The third-order valence-electron chi connectivity index (χ3n) is 4.87. The third kappa shape index (κ3) is 2.78. The molecule has 0 spiro atoms. The number of fused-ring (bicyclic) bond motifs is 2. The molecule has 1 aliphatic carbocycles. The molecule has 0 fully saturated rings. The van der Waals surface area contributed by atoms with Gasteiger partial charge in [-0.25, -0.2) is 4.98 Å². The summed E-state index contributed by atoms with van der Waals surface area (Å²) in [6, 6.07) is 13.8. The number of imidazole rings is 1. The van der Waals surface area contributed by atoms with Gasteiger partial charge in [0.05, 0.1) is 22.9 Å². The molecule has 134 valence electrons. The van der Waals surface area contributed by atoms with Crippen LogP contribution in [0.3, 0.4) is 0 Å². The maximum Gasteiger partial charge on any atom is 0.295 e. The van der Waals surface area contributed by atoms with E-state index < -0.39 is 5.56 Å². The summed E-state index contributed by atoms with van der Waals surface area (Å²) in [7, 11) is 0. The summed E-state index contributed by atoms with van der Waals surface area (Å²) in [6.07, 6.45) is 4.95. The molecule has 0 bridgehead atoms. The van der Waals surface area contributed by atoms with E-state index >= 15 is 0 Å². The highest BCUT2D eigenvalue weighted by molar-refractivity contribution is 6.33. The van der Waals surface area contributed by atoms with Gasteiger partial charge in [-0.15, -0.1) is 0 Å².